The van der Waals surface area contributed by atoms with Crippen LogP contribution in [0.15, 0.2) is 212 Å². The molecule has 3 heteroatoms. The summed E-state index contributed by atoms with van der Waals surface area (Å²) in [7, 11) is 0. The molecule has 0 saturated heterocycles. The van der Waals surface area contributed by atoms with Crippen LogP contribution >= 0.6 is 0 Å². The molecule has 0 spiro atoms. The minimum absolute atomic E-state index is 0.441. The standard InChI is InChI=1S/C54H35N3/c1-3-16-36(17-4-1)40-24-15-25-41(37-18-5-2-6-19-37)54(40)57-51-29-14-10-23-45(51)47-35-39(31-33-53(47)57)56-50-28-13-9-22-44(50)46-34-38(30-32-52(46)56)55-48-26-11-7-20-42(48)43-21-8-12-27-49(43)55/h1-35H/i1D,2D,3D,4D,5D,6D,7D,8D,9D,10D,11D,12D,13D,14D,15D,16D,17D,18D,19D,20D,21D,22D,23D,24D,25D,26D,27D,28D,29D,30D,31D,32D,33D,35D. The van der Waals surface area contributed by atoms with Crippen molar-refractivity contribution in [2.75, 3.05) is 0 Å². The van der Waals surface area contributed by atoms with Gasteiger partial charge in [-0.1, -0.05) is 151 Å². The topological polar surface area (TPSA) is 14.8 Å². The lowest BCUT2D eigenvalue weighted by Crippen LogP contribution is -2.01. The lowest BCUT2D eigenvalue weighted by Gasteiger charge is -2.19. The molecular formula is C54H35N3. The van der Waals surface area contributed by atoms with Crippen LogP contribution in [0.1, 0.15) is 46.6 Å². The highest BCUT2D eigenvalue weighted by Crippen LogP contribution is 2.43. The van der Waals surface area contributed by atoms with Crippen molar-refractivity contribution in [1.29, 1.82) is 0 Å². The van der Waals surface area contributed by atoms with Crippen LogP contribution in [0.3, 0.4) is 0 Å². The van der Waals surface area contributed by atoms with E-state index in [1.165, 1.54) is 0 Å². The second kappa shape index (κ2) is 12.5. The van der Waals surface area contributed by atoms with Crippen molar-refractivity contribution >= 4 is 65.4 Å². The maximum Gasteiger partial charge on any atom is 0.0652 e. The van der Waals surface area contributed by atoms with E-state index < -0.39 is 310 Å². The predicted octanol–water partition coefficient (Wildman–Crippen LogP) is 14.3. The molecule has 0 N–H and O–H groups in total. The van der Waals surface area contributed by atoms with Gasteiger partial charge in [0.25, 0.3) is 0 Å². The van der Waals surface area contributed by atoms with Crippen LogP contribution in [0.4, 0.5) is 0 Å². The third-order valence-electron chi connectivity index (χ3n) is 9.44. The van der Waals surface area contributed by atoms with Crippen LogP contribution in [0.25, 0.3) is 105 Å². The number of hydrogen-bond acceptors (Lipinski definition) is 0. The Bertz CT molecular complexity index is 5290. The molecule has 57 heavy (non-hydrogen) atoms. The number of benzene rings is 9. The minimum atomic E-state index is -1.18. The van der Waals surface area contributed by atoms with Gasteiger partial charge in [0.15, 0.2) is 0 Å². The van der Waals surface area contributed by atoms with Gasteiger partial charge >= 0.3 is 0 Å². The molecule has 0 aliphatic carbocycles. The zero-order valence-electron chi connectivity index (χ0n) is 62.4. The Morgan fingerprint density at radius 2 is 0.667 bits per heavy atom. The van der Waals surface area contributed by atoms with E-state index in [0.29, 0.717) is 4.57 Å². The Morgan fingerprint density at radius 1 is 0.281 bits per heavy atom. The van der Waals surface area contributed by atoms with E-state index in [0.717, 1.165) is 15.2 Å². The summed E-state index contributed by atoms with van der Waals surface area (Å²) in [6, 6.07) is -32.9. The molecule has 0 radical (unpaired) electrons. The summed E-state index contributed by atoms with van der Waals surface area (Å²) < 4.78 is 313. The summed E-state index contributed by atoms with van der Waals surface area (Å²) >= 11 is 0. The summed E-state index contributed by atoms with van der Waals surface area (Å²) in [5.74, 6) is 0. The van der Waals surface area contributed by atoms with Gasteiger partial charge in [0.05, 0.1) is 85.4 Å². The molecule has 3 nitrogen and oxygen atoms in total. The second-order valence-corrected chi connectivity index (χ2v) is 12.4. The Hall–Kier alpha value is -7.62. The lowest BCUT2D eigenvalue weighted by molar-refractivity contribution is 1.16. The highest BCUT2D eigenvalue weighted by Gasteiger charge is 2.21. The fourth-order valence-corrected chi connectivity index (χ4v) is 7.16. The van der Waals surface area contributed by atoms with Gasteiger partial charge in [-0.15, -0.1) is 0 Å². The summed E-state index contributed by atoms with van der Waals surface area (Å²) in [6.45, 7) is 0. The molecule has 0 bridgehead atoms. The average molecular weight is 760 g/mol. The molecule has 12 aromatic rings. The van der Waals surface area contributed by atoms with Crippen LogP contribution in [0, 0.1) is 0 Å². The zero-order valence-corrected chi connectivity index (χ0v) is 28.4. The first-order chi connectivity index (χ1) is 42.4. The summed E-state index contributed by atoms with van der Waals surface area (Å²) in [5.41, 5.74) is -10.5. The van der Waals surface area contributed by atoms with Crippen molar-refractivity contribution in [2.45, 2.75) is 0 Å². The molecular weight excluding hydrogens is 691 g/mol. The monoisotopic (exact) mass is 759 g/mol. The fourth-order valence-electron chi connectivity index (χ4n) is 7.16. The molecule has 0 aliphatic heterocycles. The van der Waals surface area contributed by atoms with Gasteiger partial charge in [-0.2, -0.15) is 0 Å². The van der Waals surface area contributed by atoms with E-state index >= 15 is 0 Å². The van der Waals surface area contributed by atoms with Crippen molar-refractivity contribution in [3.8, 4) is 39.3 Å². The Kier molecular flexibility index (Phi) is 2.84. The van der Waals surface area contributed by atoms with Crippen molar-refractivity contribution in [1.82, 2.24) is 13.7 Å². The van der Waals surface area contributed by atoms with Crippen LogP contribution in [-0.2, 0) is 0 Å². The van der Waals surface area contributed by atoms with Gasteiger partial charge in [-0.05, 0) is 71.6 Å². The lowest BCUT2D eigenvalue weighted by atomic mass is 9.95. The van der Waals surface area contributed by atoms with E-state index in [4.69, 9.17) is 24.7 Å². The van der Waals surface area contributed by atoms with Crippen LogP contribution in [0.5, 0.6) is 0 Å². The smallest absolute Gasteiger partial charge is 0.0652 e. The van der Waals surface area contributed by atoms with Gasteiger partial charge in [-0.25, -0.2) is 0 Å². The predicted molar refractivity (Wildman–Crippen MR) is 240 cm³/mol. The molecule has 0 atom stereocenters. The summed E-state index contributed by atoms with van der Waals surface area (Å²) in [4.78, 5) is 0. The Labute approximate surface area is 377 Å². The van der Waals surface area contributed by atoms with Gasteiger partial charge in [0, 0.05) is 54.8 Å². The molecule has 266 valence electrons. The van der Waals surface area contributed by atoms with Gasteiger partial charge in [-0.3, -0.25) is 0 Å². The molecule has 0 saturated carbocycles. The van der Waals surface area contributed by atoms with E-state index in [1.54, 1.807) is 0 Å². The largest absolute Gasteiger partial charge is 0.309 e. The SMILES string of the molecule is [2H]c1c([2H])c([2H])c(-c2c([2H])c([2H])c([2H])c(-c3c([2H])c([2H])c([2H])c([2H])c3[2H])c2-n2c3c([2H])c([2H])c([2H])c([2H])c3c3c([2H])c(-n4c5c([2H])c([2H])c(-n6c7c([2H])c([2H])c([2H])c([2H])c7c7c([2H])c([2H])c([2H])c([2H])c76)cc5c5c([2H])c([2H])c([2H])c([2H])c54)c([2H])c([2H])c32)c([2H])c1[2H]. The van der Waals surface area contributed by atoms with Crippen molar-refractivity contribution in [2.24, 2.45) is 0 Å². The van der Waals surface area contributed by atoms with Gasteiger partial charge in [0.2, 0.25) is 0 Å². The van der Waals surface area contributed by atoms with Crippen LogP contribution < -0.4 is 0 Å². The van der Waals surface area contributed by atoms with Crippen LogP contribution in [0.2, 0.25) is 0 Å². The van der Waals surface area contributed by atoms with Crippen molar-refractivity contribution in [3.05, 3.63) is 212 Å². The first-order valence-corrected chi connectivity index (χ1v) is 16.8. The van der Waals surface area contributed by atoms with Gasteiger partial charge in [0.1, 0.15) is 0 Å². The minimum Gasteiger partial charge on any atom is -0.309 e. The maximum atomic E-state index is 10.3. The molecule has 9 aromatic carbocycles. The highest BCUT2D eigenvalue weighted by molar-refractivity contribution is 6.14. The van der Waals surface area contributed by atoms with E-state index in [2.05, 4.69) is 0 Å². The Morgan fingerprint density at radius 3 is 1.21 bits per heavy atom. The third-order valence-corrected chi connectivity index (χ3v) is 9.44. The summed E-state index contributed by atoms with van der Waals surface area (Å²) in [5, 5.41) is -3.44. The number of aromatic nitrogens is 3. The maximum absolute atomic E-state index is 10.3. The third kappa shape index (κ3) is 4.73. The average Bonchev–Trinajstić information content (AvgIpc) is 1.59. The van der Waals surface area contributed by atoms with Crippen molar-refractivity contribution < 1.29 is 46.6 Å². The number of nitrogens with zero attached hydrogens (tertiary/aromatic N) is 3. The van der Waals surface area contributed by atoms with E-state index in [-0.39, 0.29) is 0 Å². The highest BCUT2D eigenvalue weighted by atomic mass is 15.0. The fraction of sp³-hybridized carbons (Fsp3) is 0. The molecule has 0 amide bonds. The molecule has 3 heterocycles. The van der Waals surface area contributed by atoms with Gasteiger partial charge < -0.3 is 13.7 Å². The zero-order chi connectivity index (χ0) is 67.0. The van der Waals surface area contributed by atoms with Crippen molar-refractivity contribution in [3.63, 3.8) is 0 Å². The summed E-state index contributed by atoms with van der Waals surface area (Å²) in [6.07, 6.45) is 0. The number of hydrogen-bond donors (Lipinski definition) is 0. The first-order valence-electron chi connectivity index (χ1n) is 33.8. The first kappa shape index (κ1) is 13.0. The van der Waals surface area contributed by atoms with Crippen LogP contribution in [-0.4, -0.2) is 13.7 Å². The molecule has 0 aliphatic rings. The number of para-hydroxylation sites is 5. The molecule has 3 aromatic heterocycles. The van der Waals surface area contributed by atoms with E-state index in [9.17, 15) is 21.9 Å². The molecule has 12 rings (SSSR count). The normalized spacial score (nSPS) is 20.2. The Balaban J connectivity index is 1.35. The number of fused-ring (bicyclic) bond motifs is 9. The number of rotatable bonds is 5. The van der Waals surface area contributed by atoms with E-state index in [1.807, 2.05) is 0 Å². The molecule has 0 fully saturated rings. The molecule has 0 unspecified atom stereocenters. The second-order valence-electron chi connectivity index (χ2n) is 12.4. The quantitative estimate of drug-likeness (QED) is 0.166.